The van der Waals surface area contributed by atoms with Crippen LogP contribution in [0.25, 0.3) is 6.08 Å². The Labute approximate surface area is 245 Å². The van der Waals surface area contributed by atoms with E-state index in [0.717, 1.165) is 43.1 Å². The van der Waals surface area contributed by atoms with Gasteiger partial charge in [0.15, 0.2) is 11.5 Å². The first-order valence-corrected chi connectivity index (χ1v) is 14.6. The molecular formula is C35H44N2O4. The van der Waals surface area contributed by atoms with Crippen molar-refractivity contribution >= 4 is 12.0 Å². The Kier molecular flexibility index (Phi) is 11.3. The number of methoxy groups -OCH3 is 3. The highest BCUT2D eigenvalue weighted by molar-refractivity contribution is 5.96. The first-order chi connectivity index (χ1) is 20.0. The quantitative estimate of drug-likeness (QED) is 0.237. The molecule has 0 saturated carbocycles. The van der Waals surface area contributed by atoms with Gasteiger partial charge >= 0.3 is 0 Å². The number of hydrogen-bond acceptors (Lipinski definition) is 5. The van der Waals surface area contributed by atoms with Gasteiger partial charge in [0.1, 0.15) is 0 Å². The third-order valence-corrected chi connectivity index (χ3v) is 7.83. The minimum Gasteiger partial charge on any atom is -0.493 e. The third-order valence-electron chi connectivity index (χ3n) is 7.83. The van der Waals surface area contributed by atoms with Crippen molar-refractivity contribution in [1.29, 1.82) is 0 Å². The lowest BCUT2D eigenvalue weighted by Crippen LogP contribution is -2.38. The molecule has 0 aliphatic carbocycles. The minimum absolute atomic E-state index is 0.0494. The fourth-order valence-corrected chi connectivity index (χ4v) is 5.67. The van der Waals surface area contributed by atoms with Crippen molar-refractivity contribution in [3.8, 4) is 17.2 Å². The number of benzene rings is 3. The molecule has 0 N–H and O–H groups in total. The molecule has 0 spiro atoms. The van der Waals surface area contributed by atoms with Crippen LogP contribution in [0, 0.1) is 5.92 Å². The number of nitrogens with zero attached hydrogens (tertiary/aromatic N) is 2. The first-order valence-electron chi connectivity index (χ1n) is 14.6. The van der Waals surface area contributed by atoms with Gasteiger partial charge in [-0.1, -0.05) is 72.3 Å². The van der Waals surface area contributed by atoms with Gasteiger partial charge in [-0.05, 0) is 81.4 Å². The summed E-state index contributed by atoms with van der Waals surface area (Å²) in [6.45, 7) is 6.51. The Morgan fingerprint density at radius 2 is 1.51 bits per heavy atom. The van der Waals surface area contributed by atoms with Crippen LogP contribution in [0.2, 0.25) is 0 Å². The van der Waals surface area contributed by atoms with Crippen LogP contribution < -0.4 is 14.2 Å². The van der Waals surface area contributed by atoms with Crippen LogP contribution in [0.1, 0.15) is 47.7 Å². The second-order valence-electron chi connectivity index (χ2n) is 10.9. The standard InChI is InChI=1S/C35H44N2O4/c1-27(22-28-12-7-5-8-13-28)26-37(35(38)31-24-32(39-2)34(41-4)33(25-31)40-3)19-11-18-36-20-16-30(17-21-36)23-29-14-9-6-10-15-29/h5-10,12-15,22,24-25,30H,11,16-21,23,26H2,1-4H3/b27-22+. The number of likely N-dealkylation sites (tertiary alicyclic amines) is 1. The first kappa shape index (κ1) is 30.2. The third kappa shape index (κ3) is 8.61. The number of hydrogen-bond donors (Lipinski definition) is 0. The number of rotatable bonds is 13. The predicted molar refractivity (Wildman–Crippen MR) is 166 cm³/mol. The maximum absolute atomic E-state index is 13.9. The summed E-state index contributed by atoms with van der Waals surface area (Å²) in [5, 5.41) is 0. The molecule has 1 aliphatic rings. The smallest absolute Gasteiger partial charge is 0.254 e. The van der Waals surface area contributed by atoms with Crippen LogP contribution in [0.3, 0.4) is 0 Å². The van der Waals surface area contributed by atoms with Gasteiger partial charge in [-0.15, -0.1) is 0 Å². The van der Waals surface area contributed by atoms with E-state index in [0.29, 0.717) is 35.9 Å². The molecule has 1 fully saturated rings. The molecule has 3 aromatic carbocycles. The van der Waals surface area contributed by atoms with Crippen LogP contribution in [-0.2, 0) is 6.42 Å². The zero-order valence-electron chi connectivity index (χ0n) is 25.0. The van der Waals surface area contributed by atoms with E-state index in [-0.39, 0.29) is 5.91 Å². The summed E-state index contributed by atoms with van der Waals surface area (Å²) >= 11 is 0. The Morgan fingerprint density at radius 3 is 2.10 bits per heavy atom. The Bertz CT molecular complexity index is 1240. The Hall–Kier alpha value is -3.77. The summed E-state index contributed by atoms with van der Waals surface area (Å²) in [6, 6.07) is 24.5. The number of piperidine rings is 1. The molecule has 0 aromatic heterocycles. The van der Waals surface area contributed by atoms with E-state index in [1.807, 2.05) is 23.1 Å². The van der Waals surface area contributed by atoms with E-state index in [9.17, 15) is 4.79 Å². The van der Waals surface area contributed by atoms with Crippen molar-refractivity contribution in [2.75, 3.05) is 54.1 Å². The summed E-state index contributed by atoms with van der Waals surface area (Å²) < 4.78 is 16.5. The van der Waals surface area contributed by atoms with Crippen LogP contribution in [0.15, 0.2) is 78.4 Å². The normalized spacial score (nSPS) is 14.5. The fraction of sp³-hybridized carbons (Fsp3) is 0.400. The lowest BCUT2D eigenvalue weighted by atomic mass is 9.90. The van der Waals surface area contributed by atoms with Crippen LogP contribution in [0.5, 0.6) is 17.2 Å². The topological polar surface area (TPSA) is 51.2 Å². The van der Waals surface area contributed by atoms with E-state index in [1.165, 1.54) is 24.8 Å². The lowest BCUT2D eigenvalue weighted by molar-refractivity contribution is 0.0758. The van der Waals surface area contributed by atoms with Crippen molar-refractivity contribution in [2.24, 2.45) is 5.92 Å². The molecule has 0 bridgehead atoms. The number of carbonyl (C=O) groups excluding carboxylic acids is 1. The molecule has 6 heteroatoms. The predicted octanol–water partition coefficient (Wildman–Crippen LogP) is 6.60. The van der Waals surface area contributed by atoms with Crippen molar-refractivity contribution < 1.29 is 19.0 Å². The second-order valence-corrected chi connectivity index (χ2v) is 10.9. The highest BCUT2D eigenvalue weighted by atomic mass is 16.5. The molecule has 1 aliphatic heterocycles. The van der Waals surface area contributed by atoms with Gasteiger partial charge in [0.2, 0.25) is 5.75 Å². The van der Waals surface area contributed by atoms with E-state index < -0.39 is 0 Å². The molecule has 218 valence electrons. The van der Waals surface area contributed by atoms with E-state index in [1.54, 1.807) is 33.5 Å². The summed E-state index contributed by atoms with van der Waals surface area (Å²) in [4.78, 5) is 18.4. The van der Waals surface area contributed by atoms with E-state index >= 15 is 0 Å². The van der Waals surface area contributed by atoms with Crippen molar-refractivity contribution in [2.45, 2.75) is 32.6 Å². The average Bonchev–Trinajstić information content (AvgIpc) is 3.01. The van der Waals surface area contributed by atoms with Crippen LogP contribution >= 0.6 is 0 Å². The van der Waals surface area contributed by atoms with Crippen LogP contribution in [-0.4, -0.2) is 69.8 Å². The average molecular weight is 557 g/mol. The summed E-state index contributed by atoms with van der Waals surface area (Å²) in [7, 11) is 4.70. The van der Waals surface area contributed by atoms with Crippen LogP contribution in [0.4, 0.5) is 0 Å². The largest absolute Gasteiger partial charge is 0.493 e. The van der Waals surface area contributed by atoms with Gasteiger partial charge in [0.25, 0.3) is 5.91 Å². The summed E-state index contributed by atoms with van der Waals surface area (Å²) in [5.41, 5.74) is 4.21. The lowest BCUT2D eigenvalue weighted by Gasteiger charge is -2.33. The molecule has 1 amide bonds. The van der Waals surface area contributed by atoms with Gasteiger partial charge in [-0.2, -0.15) is 0 Å². The van der Waals surface area contributed by atoms with Gasteiger partial charge in [0, 0.05) is 18.7 Å². The van der Waals surface area contributed by atoms with E-state index in [2.05, 4.69) is 60.4 Å². The zero-order chi connectivity index (χ0) is 29.0. The molecule has 0 radical (unpaired) electrons. The number of ether oxygens (including phenoxy) is 3. The molecular weight excluding hydrogens is 512 g/mol. The van der Waals surface area contributed by atoms with Gasteiger partial charge < -0.3 is 24.0 Å². The monoisotopic (exact) mass is 556 g/mol. The molecule has 0 atom stereocenters. The van der Waals surface area contributed by atoms with Crippen molar-refractivity contribution in [3.63, 3.8) is 0 Å². The molecule has 4 rings (SSSR count). The number of amides is 1. The maximum Gasteiger partial charge on any atom is 0.254 e. The molecule has 6 nitrogen and oxygen atoms in total. The molecule has 41 heavy (non-hydrogen) atoms. The number of carbonyl (C=O) groups is 1. The Morgan fingerprint density at radius 1 is 0.902 bits per heavy atom. The zero-order valence-corrected chi connectivity index (χ0v) is 25.0. The van der Waals surface area contributed by atoms with Crippen molar-refractivity contribution in [3.05, 3.63) is 95.1 Å². The maximum atomic E-state index is 13.9. The van der Waals surface area contributed by atoms with Gasteiger partial charge in [0.05, 0.1) is 21.3 Å². The van der Waals surface area contributed by atoms with Gasteiger partial charge in [-0.3, -0.25) is 4.79 Å². The fourth-order valence-electron chi connectivity index (χ4n) is 5.67. The second kappa shape index (κ2) is 15.3. The summed E-state index contributed by atoms with van der Waals surface area (Å²) in [6.07, 6.45) is 6.67. The van der Waals surface area contributed by atoms with Gasteiger partial charge in [-0.25, -0.2) is 0 Å². The molecule has 1 saturated heterocycles. The summed E-state index contributed by atoms with van der Waals surface area (Å²) in [5.74, 6) is 2.13. The molecule has 0 unspecified atom stereocenters. The van der Waals surface area contributed by atoms with E-state index in [4.69, 9.17) is 14.2 Å². The van der Waals surface area contributed by atoms with Crippen molar-refractivity contribution in [1.82, 2.24) is 9.80 Å². The SMILES string of the molecule is COc1cc(C(=O)N(CCCN2CCC(Cc3ccccc3)CC2)C/C(C)=C/c2ccccc2)cc(OC)c1OC. The highest BCUT2D eigenvalue weighted by Gasteiger charge is 2.23. The highest BCUT2D eigenvalue weighted by Crippen LogP contribution is 2.38. The Balaban J connectivity index is 1.42. The molecule has 1 heterocycles. The molecule has 3 aromatic rings. The minimum atomic E-state index is -0.0494.